The molecule has 86 heavy (non-hydrogen) atoms. The zero-order chi connectivity index (χ0) is 56.4. The minimum atomic E-state index is 0.873. The fraction of sp³-hybridized carbons (Fsp3) is 0. The van der Waals surface area contributed by atoms with Crippen molar-refractivity contribution < 1.29 is 8.83 Å². The van der Waals surface area contributed by atoms with Crippen molar-refractivity contribution in [1.29, 1.82) is 0 Å². The third kappa shape index (κ3) is 7.40. The molecule has 0 bridgehead atoms. The summed E-state index contributed by atoms with van der Waals surface area (Å²) in [5, 5.41) is 19.0. The number of benzene rings is 16. The summed E-state index contributed by atoms with van der Waals surface area (Å²) in [6.07, 6.45) is 0. The van der Waals surface area contributed by atoms with Crippen LogP contribution in [0.1, 0.15) is 0 Å². The Morgan fingerprint density at radius 1 is 0.174 bits per heavy atom. The van der Waals surface area contributed by atoms with Crippen LogP contribution < -0.4 is 0 Å². The van der Waals surface area contributed by atoms with Crippen LogP contribution in [0.3, 0.4) is 0 Å². The maximum absolute atomic E-state index is 7.03. The molecule has 0 atom stereocenters. The van der Waals surface area contributed by atoms with Gasteiger partial charge in [-0.3, -0.25) is 0 Å². The van der Waals surface area contributed by atoms with Gasteiger partial charge in [-0.15, -0.1) is 0 Å². The summed E-state index contributed by atoms with van der Waals surface area (Å²) in [5.74, 6) is 0. The standard InChI is InChI=1S/C84H50O2/c1-2-20-52(21-3-1)61-34-17-36-74-81-72(35-18-38-76(81)86-83(61)74)79-67-29-10-6-25-63(67)78(64-26-7-11-30-68(64)79)60-44-42-56-47-55(40-41-57(56)50-60)54-23-16-24-58(48-54)62-45-46-73(82-71-33-14-15-37-75(71)85-84(62)82)80-69-31-12-8-27-65(69)77(66-28-9-13-32-70(66)80)59-43-39-51-19-4-5-22-53(51)49-59/h1-50H. The second-order valence-electron chi connectivity index (χ2n) is 22.9. The van der Waals surface area contributed by atoms with Gasteiger partial charge < -0.3 is 8.83 Å². The Kier molecular flexibility index (Phi) is 10.7. The largest absolute Gasteiger partial charge is 0.455 e. The van der Waals surface area contributed by atoms with Crippen molar-refractivity contribution in [2.45, 2.75) is 0 Å². The summed E-state index contributed by atoms with van der Waals surface area (Å²) < 4.78 is 13.8. The molecule has 0 aliphatic rings. The molecule has 0 aliphatic heterocycles. The van der Waals surface area contributed by atoms with E-state index >= 15 is 0 Å². The normalized spacial score (nSPS) is 12.0. The van der Waals surface area contributed by atoms with Crippen molar-refractivity contribution in [1.82, 2.24) is 0 Å². The fourth-order valence-corrected chi connectivity index (χ4v) is 14.4. The van der Waals surface area contributed by atoms with Gasteiger partial charge >= 0.3 is 0 Å². The number of furan rings is 2. The molecule has 0 spiro atoms. The van der Waals surface area contributed by atoms with Crippen LogP contribution in [0.15, 0.2) is 312 Å². The van der Waals surface area contributed by atoms with Crippen LogP contribution in [0.25, 0.3) is 186 Å². The minimum Gasteiger partial charge on any atom is -0.455 e. The van der Waals surface area contributed by atoms with Crippen LogP contribution in [0.4, 0.5) is 0 Å². The highest BCUT2D eigenvalue weighted by Gasteiger charge is 2.25. The predicted octanol–water partition coefficient (Wildman–Crippen LogP) is 24.1. The SMILES string of the molecule is c1ccc(-c2cccc3c2oc2cccc(-c4c5ccccc5c(-c5ccc6cc(-c7cccc(-c8ccc(-c9c%10ccccc%10c(-c%10ccc%11ccccc%11c%10)c%10ccccc9%10)c9c8oc8ccccc89)c7)ccc6c5)c5ccccc45)c23)cc1. The molecule has 18 rings (SSSR count). The first kappa shape index (κ1) is 48.2. The molecule has 2 nitrogen and oxygen atoms in total. The molecule has 0 unspecified atom stereocenters. The van der Waals surface area contributed by atoms with Gasteiger partial charge in [0.15, 0.2) is 0 Å². The van der Waals surface area contributed by atoms with E-state index < -0.39 is 0 Å². The summed E-state index contributed by atoms with van der Waals surface area (Å²) in [7, 11) is 0. The molecule has 0 N–H and O–H groups in total. The lowest BCUT2D eigenvalue weighted by molar-refractivity contribution is 0.669. The molecule has 0 saturated heterocycles. The first-order valence-electron chi connectivity index (χ1n) is 29.6. The Balaban J connectivity index is 0.744. The van der Waals surface area contributed by atoms with E-state index in [9.17, 15) is 0 Å². The summed E-state index contributed by atoms with van der Waals surface area (Å²) in [6.45, 7) is 0. The van der Waals surface area contributed by atoms with Crippen LogP contribution in [0.2, 0.25) is 0 Å². The highest BCUT2D eigenvalue weighted by molar-refractivity contribution is 6.29. The smallest absolute Gasteiger partial charge is 0.143 e. The van der Waals surface area contributed by atoms with Crippen molar-refractivity contribution in [3.8, 4) is 77.9 Å². The third-order valence-corrected chi connectivity index (χ3v) is 18.2. The van der Waals surface area contributed by atoms with Gasteiger partial charge in [0.1, 0.15) is 22.3 Å². The van der Waals surface area contributed by atoms with E-state index in [1.807, 2.05) is 0 Å². The summed E-state index contributed by atoms with van der Waals surface area (Å²) >= 11 is 0. The van der Waals surface area contributed by atoms with Gasteiger partial charge in [-0.05, 0) is 174 Å². The van der Waals surface area contributed by atoms with Crippen LogP contribution in [-0.4, -0.2) is 0 Å². The summed E-state index contributed by atoms with van der Waals surface area (Å²) in [6, 6.07) is 111. The van der Waals surface area contributed by atoms with Crippen molar-refractivity contribution in [3.63, 3.8) is 0 Å². The van der Waals surface area contributed by atoms with E-state index in [-0.39, 0.29) is 0 Å². The maximum Gasteiger partial charge on any atom is 0.143 e. The number of hydrogen-bond donors (Lipinski definition) is 0. The Labute approximate surface area is 495 Å². The molecule has 0 aliphatic carbocycles. The number of para-hydroxylation sites is 2. The molecule has 2 heteroatoms. The number of rotatable bonds is 7. The summed E-state index contributed by atoms with van der Waals surface area (Å²) in [5.41, 5.74) is 19.9. The molecule has 2 heterocycles. The average molecular weight is 1090 g/mol. The first-order valence-corrected chi connectivity index (χ1v) is 29.6. The van der Waals surface area contributed by atoms with Gasteiger partial charge in [0.05, 0.1) is 0 Å². The lowest BCUT2D eigenvalue weighted by atomic mass is 9.84. The van der Waals surface area contributed by atoms with E-state index in [2.05, 4.69) is 303 Å². The molecule has 2 aromatic heterocycles. The molecule has 16 aromatic carbocycles. The van der Waals surface area contributed by atoms with Gasteiger partial charge in [-0.2, -0.15) is 0 Å². The topological polar surface area (TPSA) is 26.3 Å². The number of fused-ring (bicyclic) bond motifs is 12. The molecular weight excluding hydrogens is 1040 g/mol. The zero-order valence-electron chi connectivity index (χ0n) is 46.7. The Morgan fingerprint density at radius 2 is 0.558 bits per heavy atom. The van der Waals surface area contributed by atoms with Gasteiger partial charge in [-0.25, -0.2) is 0 Å². The lowest BCUT2D eigenvalue weighted by Gasteiger charge is -2.19. The number of hydrogen-bond acceptors (Lipinski definition) is 2. The first-order chi connectivity index (χ1) is 42.7. The molecule has 0 radical (unpaired) electrons. The average Bonchev–Trinajstić information content (AvgIpc) is 1.60. The van der Waals surface area contributed by atoms with Crippen LogP contribution in [0.5, 0.6) is 0 Å². The maximum atomic E-state index is 7.03. The predicted molar refractivity (Wildman–Crippen MR) is 364 cm³/mol. The van der Waals surface area contributed by atoms with Crippen molar-refractivity contribution in [3.05, 3.63) is 303 Å². The van der Waals surface area contributed by atoms with Gasteiger partial charge in [0.25, 0.3) is 0 Å². The molecule has 0 amide bonds. The van der Waals surface area contributed by atoms with Gasteiger partial charge in [0.2, 0.25) is 0 Å². The van der Waals surface area contributed by atoms with E-state index in [0.717, 1.165) is 82.8 Å². The van der Waals surface area contributed by atoms with E-state index in [1.165, 1.54) is 104 Å². The third-order valence-electron chi connectivity index (χ3n) is 18.2. The minimum absolute atomic E-state index is 0.873. The monoisotopic (exact) mass is 1090 g/mol. The van der Waals surface area contributed by atoms with Crippen LogP contribution in [-0.2, 0) is 0 Å². The van der Waals surface area contributed by atoms with Gasteiger partial charge in [0, 0.05) is 32.7 Å². The highest BCUT2D eigenvalue weighted by atomic mass is 16.3. The zero-order valence-corrected chi connectivity index (χ0v) is 46.7. The van der Waals surface area contributed by atoms with Crippen molar-refractivity contribution >= 4 is 109 Å². The van der Waals surface area contributed by atoms with Crippen LogP contribution >= 0.6 is 0 Å². The second-order valence-corrected chi connectivity index (χ2v) is 22.9. The van der Waals surface area contributed by atoms with E-state index in [4.69, 9.17) is 8.83 Å². The highest BCUT2D eigenvalue weighted by Crippen LogP contribution is 2.51. The Hall–Kier alpha value is -11.3. The van der Waals surface area contributed by atoms with Crippen molar-refractivity contribution in [2.75, 3.05) is 0 Å². The Morgan fingerprint density at radius 3 is 1.20 bits per heavy atom. The van der Waals surface area contributed by atoms with Gasteiger partial charge in [-0.1, -0.05) is 261 Å². The quantitative estimate of drug-likeness (QED) is 0.149. The molecule has 398 valence electrons. The molecular formula is C84H50O2. The van der Waals surface area contributed by atoms with E-state index in [0.29, 0.717) is 0 Å². The fourth-order valence-electron chi connectivity index (χ4n) is 14.4. The molecule has 18 aromatic rings. The summed E-state index contributed by atoms with van der Waals surface area (Å²) in [4.78, 5) is 0. The van der Waals surface area contributed by atoms with Crippen LogP contribution in [0, 0.1) is 0 Å². The molecule has 0 saturated carbocycles. The second kappa shape index (κ2) is 19.1. The van der Waals surface area contributed by atoms with Crippen molar-refractivity contribution in [2.24, 2.45) is 0 Å². The molecule has 0 fully saturated rings. The lowest BCUT2D eigenvalue weighted by Crippen LogP contribution is -1.92. The Bertz CT molecular complexity index is 5720. The van der Waals surface area contributed by atoms with E-state index in [1.54, 1.807) is 0 Å².